The largest absolute Gasteiger partial charge is 0.507 e. The maximum atomic E-state index is 10.6. The fraction of sp³-hybridized carbons (Fsp3) is 0.478. The molecule has 9 nitrogen and oxygen atoms in total. The highest BCUT2D eigenvalue weighted by Gasteiger charge is 2.39. The summed E-state index contributed by atoms with van der Waals surface area (Å²) in [6, 6.07) is 5.48. The molecule has 32 heavy (non-hydrogen) atoms. The monoisotopic (exact) mass is 437 g/mol. The molecule has 1 aromatic carbocycles. The van der Waals surface area contributed by atoms with Crippen molar-refractivity contribution in [3.63, 3.8) is 0 Å². The molecule has 1 aliphatic heterocycles. The number of nitrogens with zero attached hydrogens (tertiary/aromatic N) is 6. The van der Waals surface area contributed by atoms with Crippen LogP contribution in [0.4, 0.5) is 5.95 Å². The van der Waals surface area contributed by atoms with Crippen molar-refractivity contribution < 1.29 is 10.2 Å². The molecule has 0 saturated carbocycles. The van der Waals surface area contributed by atoms with Gasteiger partial charge < -0.3 is 20.4 Å². The summed E-state index contributed by atoms with van der Waals surface area (Å²) in [5.41, 5.74) is 2.46. The minimum Gasteiger partial charge on any atom is -0.507 e. The number of phenols is 1. The fourth-order valence-corrected chi connectivity index (χ4v) is 4.72. The van der Waals surface area contributed by atoms with Gasteiger partial charge in [-0.2, -0.15) is 5.10 Å². The topological polar surface area (TPSA) is 112 Å². The zero-order valence-electron chi connectivity index (χ0n) is 19.2. The minimum absolute atomic E-state index is 0.0219. The normalized spacial score (nSPS) is 17.9. The van der Waals surface area contributed by atoms with Gasteiger partial charge in [0.15, 0.2) is 0 Å². The molecule has 3 aromatic rings. The summed E-state index contributed by atoms with van der Waals surface area (Å²) in [6.45, 7) is 8.79. The van der Waals surface area contributed by atoms with Gasteiger partial charge in [-0.25, -0.2) is 9.67 Å². The lowest BCUT2D eigenvalue weighted by atomic mass is 9.79. The van der Waals surface area contributed by atoms with Crippen molar-refractivity contribution in [2.75, 3.05) is 11.9 Å². The van der Waals surface area contributed by atoms with Crippen LogP contribution in [0.1, 0.15) is 46.1 Å². The van der Waals surface area contributed by atoms with E-state index in [4.69, 9.17) is 0 Å². The number of hydrogen-bond acceptors (Lipinski definition) is 8. The second kappa shape index (κ2) is 8.14. The van der Waals surface area contributed by atoms with Crippen LogP contribution in [0.2, 0.25) is 0 Å². The van der Waals surface area contributed by atoms with Crippen molar-refractivity contribution in [3.8, 4) is 22.7 Å². The van der Waals surface area contributed by atoms with Gasteiger partial charge >= 0.3 is 0 Å². The molecule has 2 aromatic heterocycles. The van der Waals surface area contributed by atoms with Crippen LogP contribution in [-0.2, 0) is 6.61 Å². The molecular formula is C23H31N7O2. The highest BCUT2D eigenvalue weighted by atomic mass is 16.3. The Labute approximate surface area is 188 Å². The van der Waals surface area contributed by atoms with Crippen molar-refractivity contribution in [3.05, 3.63) is 42.4 Å². The smallest absolute Gasteiger partial charge is 0.245 e. The molecular weight excluding hydrogens is 406 g/mol. The molecule has 3 N–H and O–H groups in total. The van der Waals surface area contributed by atoms with Crippen LogP contribution in [-0.4, -0.2) is 59.3 Å². The Morgan fingerprint density at radius 1 is 1.12 bits per heavy atom. The van der Waals surface area contributed by atoms with Crippen molar-refractivity contribution in [1.82, 2.24) is 30.3 Å². The van der Waals surface area contributed by atoms with Gasteiger partial charge in [-0.05, 0) is 52.7 Å². The van der Waals surface area contributed by atoms with E-state index in [0.717, 1.165) is 12.8 Å². The third-order valence-electron chi connectivity index (χ3n) is 5.92. The second-order valence-corrected chi connectivity index (χ2v) is 9.86. The molecule has 170 valence electrons. The SMILES string of the molecule is CN(c1ncc(-c2ccc(-n3cc(CO)cn3)cc2O)nn1)C1CC(C)(C)NC(C)(C)C1. The zero-order chi connectivity index (χ0) is 23.1. The number of phenolic OH excluding ortho intramolecular Hbond substituents is 1. The van der Waals surface area contributed by atoms with E-state index < -0.39 is 0 Å². The van der Waals surface area contributed by atoms with Gasteiger partial charge in [-0.15, -0.1) is 10.2 Å². The number of aromatic nitrogens is 5. The third-order valence-corrected chi connectivity index (χ3v) is 5.92. The molecule has 1 aliphatic rings. The van der Waals surface area contributed by atoms with Gasteiger partial charge in [0.2, 0.25) is 5.95 Å². The molecule has 0 atom stereocenters. The quantitative estimate of drug-likeness (QED) is 0.559. The van der Waals surface area contributed by atoms with Gasteiger partial charge in [-0.3, -0.25) is 0 Å². The Balaban J connectivity index is 1.53. The fourth-order valence-electron chi connectivity index (χ4n) is 4.72. The Hall–Kier alpha value is -3.04. The van der Waals surface area contributed by atoms with Crippen LogP contribution in [0, 0.1) is 0 Å². The Morgan fingerprint density at radius 2 is 1.84 bits per heavy atom. The van der Waals surface area contributed by atoms with Gasteiger partial charge in [0.25, 0.3) is 0 Å². The summed E-state index contributed by atoms with van der Waals surface area (Å²) in [6.07, 6.45) is 6.89. The summed E-state index contributed by atoms with van der Waals surface area (Å²) in [7, 11) is 2.01. The first kappa shape index (κ1) is 22.2. The predicted molar refractivity (Wildman–Crippen MR) is 123 cm³/mol. The number of anilines is 1. The van der Waals surface area contributed by atoms with Gasteiger partial charge in [-0.1, -0.05) is 0 Å². The van der Waals surface area contributed by atoms with E-state index in [2.05, 4.69) is 58.2 Å². The summed E-state index contributed by atoms with van der Waals surface area (Å²) < 4.78 is 1.60. The van der Waals surface area contributed by atoms with Crippen LogP contribution in [0.25, 0.3) is 16.9 Å². The molecule has 1 saturated heterocycles. The number of piperidine rings is 1. The van der Waals surface area contributed by atoms with E-state index in [-0.39, 0.29) is 23.4 Å². The summed E-state index contributed by atoms with van der Waals surface area (Å²) in [5, 5.41) is 36.3. The first-order valence-electron chi connectivity index (χ1n) is 10.8. The predicted octanol–water partition coefficient (Wildman–Crippen LogP) is 2.67. The Bertz CT molecular complexity index is 1080. The molecule has 0 radical (unpaired) electrons. The lowest BCUT2D eigenvalue weighted by Gasteiger charge is -2.48. The highest BCUT2D eigenvalue weighted by molar-refractivity contribution is 5.68. The number of aliphatic hydroxyl groups is 1. The molecule has 9 heteroatoms. The number of aliphatic hydroxyl groups excluding tert-OH is 1. The zero-order valence-corrected chi connectivity index (χ0v) is 19.2. The van der Waals surface area contributed by atoms with Crippen LogP contribution in [0.5, 0.6) is 5.75 Å². The van der Waals surface area contributed by atoms with Gasteiger partial charge in [0.1, 0.15) is 11.4 Å². The lowest BCUT2D eigenvalue weighted by Crippen LogP contribution is -2.62. The molecule has 0 spiro atoms. The van der Waals surface area contributed by atoms with E-state index >= 15 is 0 Å². The molecule has 0 unspecified atom stereocenters. The van der Waals surface area contributed by atoms with E-state index in [0.29, 0.717) is 34.5 Å². The third kappa shape index (κ3) is 4.58. The standard InChI is InChI=1S/C23H31N7O2/c1-22(2)9-17(10-23(3,4)28-22)29(5)21-24-12-19(26-27-21)18-7-6-16(8-20(18)32)30-13-15(14-31)11-25-30/h6-8,11-13,17,28,31-32H,9-10,14H2,1-5H3. The Kier molecular flexibility index (Phi) is 5.64. The summed E-state index contributed by atoms with van der Waals surface area (Å²) in [5.74, 6) is 0.624. The van der Waals surface area contributed by atoms with Gasteiger partial charge in [0, 0.05) is 47.6 Å². The van der Waals surface area contributed by atoms with Crippen molar-refractivity contribution in [2.45, 2.75) is 64.3 Å². The minimum atomic E-state index is -0.0848. The Morgan fingerprint density at radius 3 is 2.41 bits per heavy atom. The maximum Gasteiger partial charge on any atom is 0.245 e. The lowest BCUT2D eigenvalue weighted by molar-refractivity contribution is 0.160. The van der Waals surface area contributed by atoms with E-state index in [1.807, 2.05) is 13.1 Å². The van der Waals surface area contributed by atoms with E-state index in [9.17, 15) is 10.2 Å². The van der Waals surface area contributed by atoms with E-state index in [1.54, 1.807) is 35.4 Å². The first-order chi connectivity index (χ1) is 15.1. The molecule has 0 aliphatic carbocycles. The number of hydrogen-bond donors (Lipinski definition) is 3. The number of aromatic hydroxyl groups is 1. The highest BCUT2D eigenvalue weighted by Crippen LogP contribution is 2.33. The molecule has 1 fully saturated rings. The average Bonchev–Trinajstić information content (AvgIpc) is 3.20. The van der Waals surface area contributed by atoms with Crippen LogP contribution < -0.4 is 10.2 Å². The van der Waals surface area contributed by atoms with Crippen LogP contribution in [0.15, 0.2) is 36.8 Å². The second-order valence-electron chi connectivity index (χ2n) is 9.86. The van der Waals surface area contributed by atoms with Gasteiger partial charge in [0.05, 0.1) is 24.7 Å². The molecule has 3 heterocycles. The maximum absolute atomic E-state index is 10.6. The van der Waals surface area contributed by atoms with Crippen molar-refractivity contribution >= 4 is 5.95 Å². The average molecular weight is 438 g/mol. The van der Waals surface area contributed by atoms with Crippen LogP contribution in [0.3, 0.4) is 0 Å². The summed E-state index contributed by atoms with van der Waals surface area (Å²) in [4.78, 5) is 6.64. The number of benzene rings is 1. The molecule has 0 bridgehead atoms. The van der Waals surface area contributed by atoms with Crippen molar-refractivity contribution in [2.24, 2.45) is 0 Å². The number of nitrogens with one attached hydrogen (secondary N) is 1. The molecule has 0 amide bonds. The molecule has 4 rings (SSSR count). The summed E-state index contributed by atoms with van der Waals surface area (Å²) >= 11 is 0. The van der Waals surface area contributed by atoms with E-state index in [1.165, 1.54) is 0 Å². The first-order valence-corrected chi connectivity index (χ1v) is 10.8. The van der Waals surface area contributed by atoms with Crippen LogP contribution >= 0.6 is 0 Å². The number of rotatable bonds is 5. The van der Waals surface area contributed by atoms with Crippen molar-refractivity contribution in [1.29, 1.82) is 0 Å².